The first-order valence-corrected chi connectivity index (χ1v) is 28.0. The Bertz CT molecular complexity index is 2430. The molecule has 1 fully saturated rings. The fourth-order valence-electron chi connectivity index (χ4n) is 10.4. The first-order valence-electron chi connectivity index (χ1n) is 27.1. The molecule has 2 aromatic rings. The second kappa shape index (κ2) is 28.4. The number of imide groups is 1. The van der Waals surface area contributed by atoms with E-state index in [0.717, 1.165) is 35.6 Å². The van der Waals surface area contributed by atoms with Gasteiger partial charge in [0.25, 0.3) is 17.7 Å². The van der Waals surface area contributed by atoms with Gasteiger partial charge in [0, 0.05) is 68.2 Å². The number of carboxylic acid groups (broad SMARTS) is 1. The van der Waals surface area contributed by atoms with Gasteiger partial charge in [0.15, 0.2) is 6.10 Å². The SMILES string of the molecule is CC[C@H](C)[C@H](NC(=O)[C@@]1(C)CCCCN1C)C(=O)N(CC)[C@H](C[C@@H](OC(C)=O)c1nc(C(=O)N[C@H]2Cc3ccc(NC(=O)[C@H](CCCCN)NC(=O)CCCCCN4C(=O)C=CC4=O)cc3[C@H](C(=O)O)C2)cs1)C(C)C. The van der Waals surface area contributed by atoms with E-state index in [-0.39, 0.29) is 79.3 Å². The molecule has 8 atom stereocenters. The minimum atomic E-state index is -1.12. The van der Waals surface area contributed by atoms with Crippen molar-refractivity contribution in [3.63, 3.8) is 0 Å². The number of fused-ring (bicyclic) bond motifs is 1. The van der Waals surface area contributed by atoms with E-state index in [9.17, 15) is 48.3 Å². The number of carbonyl (C=O) groups is 9. The number of hydrogen-bond donors (Lipinski definition) is 6. The number of unbranched alkanes of at least 4 members (excludes halogenated alkanes) is 3. The monoisotopic (exact) mass is 1080 g/mol. The fraction of sp³-hybridized carbons (Fsp3) is 0.636. The van der Waals surface area contributed by atoms with Gasteiger partial charge in [-0.1, -0.05) is 46.6 Å². The minimum absolute atomic E-state index is 0.0445. The number of aromatic nitrogens is 1. The number of esters is 1. The normalized spacial score (nSPS) is 20.5. The Morgan fingerprint density at radius 1 is 0.987 bits per heavy atom. The van der Waals surface area contributed by atoms with Gasteiger partial charge < -0.3 is 41.7 Å². The zero-order valence-electron chi connectivity index (χ0n) is 45.6. The first-order chi connectivity index (χ1) is 36.1. The van der Waals surface area contributed by atoms with E-state index >= 15 is 0 Å². The third kappa shape index (κ3) is 16.0. The zero-order chi connectivity index (χ0) is 55.9. The van der Waals surface area contributed by atoms with E-state index in [1.165, 1.54) is 19.1 Å². The summed E-state index contributed by atoms with van der Waals surface area (Å²) in [5, 5.41) is 24.1. The van der Waals surface area contributed by atoms with Crippen LogP contribution in [-0.2, 0) is 49.5 Å². The van der Waals surface area contributed by atoms with Crippen molar-refractivity contribution in [2.24, 2.45) is 17.6 Å². The van der Waals surface area contributed by atoms with Gasteiger partial charge in [-0.15, -0.1) is 11.3 Å². The highest BCUT2D eigenvalue weighted by Crippen LogP contribution is 2.36. The standard InChI is InChI=1S/C55H81N9O11S/c1-9-34(5)48(61-54(74)55(7)24-14-17-26-62(55)8)52(71)63(10-2)43(33(3)4)31-44(75-35(6)65)51-60-42(32-76-51)50(70)58-38-28-36-20-21-37(29-39(36)40(30-38)53(72)73)57-49(69)41(18-13-15-25-56)59-45(66)19-12-11-16-27-64-46(67)22-23-47(64)68/h20-23,29,32-34,38,40-41,43-44,48H,9-19,24-28,30-31,56H2,1-8H3,(H,57,69)(H,58,70)(H,59,66)(H,61,74)(H,72,73)/t34-,38-,40+,41-,43+,44+,48-,55+/m0/s1. The predicted octanol–water partition coefficient (Wildman–Crippen LogP) is 5.37. The van der Waals surface area contributed by atoms with Crippen LogP contribution >= 0.6 is 11.3 Å². The molecule has 7 N–H and O–H groups in total. The number of thiazole rings is 1. The number of anilines is 1. The molecule has 76 heavy (non-hydrogen) atoms. The van der Waals surface area contributed by atoms with Crippen LogP contribution in [0.4, 0.5) is 5.69 Å². The Balaban J connectivity index is 1.24. The topological polar surface area (TPSA) is 280 Å². The second-order valence-corrected chi connectivity index (χ2v) is 22.0. The van der Waals surface area contributed by atoms with Crippen molar-refractivity contribution in [3.8, 4) is 0 Å². The number of benzene rings is 1. The molecule has 21 heteroatoms. The lowest BCUT2D eigenvalue weighted by atomic mass is 9.79. The minimum Gasteiger partial charge on any atom is -0.481 e. The number of carbonyl (C=O) groups excluding carboxylic acids is 8. The number of nitrogens with zero attached hydrogens (tertiary/aromatic N) is 4. The van der Waals surface area contributed by atoms with Crippen molar-refractivity contribution in [2.75, 3.05) is 38.5 Å². The molecule has 20 nitrogen and oxygen atoms in total. The van der Waals surface area contributed by atoms with E-state index < -0.39 is 65.5 Å². The van der Waals surface area contributed by atoms with E-state index in [1.807, 2.05) is 48.6 Å². The Kier molecular flexibility index (Phi) is 22.7. The lowest BCUT2D eigenvalue weighted by molar-refractivity contribution is -0.150. The molecular formula is C55H81N9O11S. The van der Waals surface area contributed by atoms with Crippen LogP contribution in [0.3, 0.4) is 0 Å². The van der Waals surface area contributed by atoms with E-state index in [1.54, 1.807) is 28.5 Å². The van der Waals surface area contributed by atoms with Crippen LogP contribution in [0.1, 0.15) is 171 Å². The number of piperidine rings is 1. The van der Waals surface area contributed by atoms with Crippen molar-refractivity contribution < 1.29 is 53.0 Å². The van der Waals surface area contributed by atoms with Crippen molar-refractivity contribution >= 4 is 70.3 Å². The number of amides is 7. The highest BCUT2D eigenvalue weighted by Gasteiger charge is 2.43. The van der Waals surface area contributed by atoms with Crippen molar-refractivity contribution in [1.82, 2.24) is 35.6 Å². The van der Waals surface area contributed by atoms with E-state index in [4.69, 9.17) is 10.5 Å². The number of aliphatic carboxylic acids is 1. The third-order valence-corrected chi connectivity index (χ3v) is 16.2. The Labute approximate surface area is 451 Å². The summed E-state index contributed by atoms with van der Waals surface area (Å²) in [5.41, 5.74) is 6.51. The second-order valence-electron chi connectivity index (χ2n) is 21.1. The summed E-state index contributed by atoms with van der Waals surface area (Å²) in [6, 6.07) is 2.26. The number of ether oxygens (including phenoxy) is 1. The molecule has 2 aliphatic heterocycles. The largest absolute Gasteiger partial charge is 0.481 e. The number of rotatable bonds is 28. The molecule has 0 radical (unpaired) electrons. The maximum absolute atomic E-state index is 14.7. The molecule has 418 valence electrons. The molecule has 0 unspecified atom stereocenters. The summed E-state index contributed by atoms with van der Waals surface area (Å²) >= 11 is 1.14. The van der Waals surface area contributed by atoms with Crippen molar-refractivity contribution in [1.29, 1.82) is 0 Å². The average Bonchev–Trinajstić information content (AvgIpc) is 4.00. The van der Waals surface area contributed by atoms with Gasteiger partial charge in [0.05, 0.1) is 11.5 Å². The number of likely N-dealkylation sites (N-methyl/N-ethyl adjacent to an activating group) is 2. The van der Waals surface area contributed by atoms with Gasteiger partial charge in [-0.2, -0.15) is 0 Å². The van der Waals surface area contributed by atoms with Crippen LogP contribution in [0.15, 0.2) is 35.7 Å². The van der Waals surface area contributed by atoms with Crippen molar-refractivity contribution in [3.05, 3.63) is 57.6 Å². The highest BCUT2D eigenvalue weighted by atomic mass is 32.1. The molecule has 5 rings (SSSR count). The van der Waals surface area contributed by atoms with Crippen LogP contribution < -0.4 is 27.0 Å². The first kappa shape index (κ1) is 60.8. The van der Waals surface area contributed by atoms with Gasteiger partial charge >= 0.3 is 11.9 Å². The summed E-state index contributed by atoms with van der Waals surface area (Å²) in [6.45, 7) is 14.8. The fourth-order valence-corrected chi connectivity index (χ4v) is 11.2. The van der Waals surface area contributed by atoms with Crippen LogP contribution in [0.5, 0.6) is 0 Å². The van der Waals surface area contributed by atoms with Crippen LogP contribution in [-0.4, -0.2) is 141 Å². The molecule has 1 aliphatic carbocycles. The van der Waals surface area contributed by atoms with Crippen LogP contribution in [0.25, 0.3) is 0 Å². The number of hydrogen-bond acceptors (Lipinski definition) is 14. The number of nitrogens with two attached hydrogens (primary N) is 1. The molecule has 0 bridgehead atoms. The molecule has 0 saturated carbocycles. The van der Waals surface area contributed by atoms with E-state index in [0.29, 0.717) is 86.3 Å². The number of carboxylic acids is 1. The van der Waals surface area contributed by atoms with Gasteiger partial charge in [-0.3, -0.25) is 53.0 Å². The summed E-state index contributed by atoms with van der Waals surface area (Å²) in [5.74, 6) is -5.46. The molecular weight excluding hydrogens is 995 g/mol. The van der Waals surface area contributed by atoms with Gasteiger partial charge in [0.1, 0.15) is 22.8 Å². The van der Waals surface area contributed by atoms with Crippen LogP contribution in [0, 0.1) is 11.8 Å². The van der Waals surface area contributed by atoms with Gasteiger partial charge in [-0.05, 0) is 133 Å². The Morgan fingerprint density at radius 2 is 1.71 bits per heavy atom. The highest BCUT2D eigenvalue weighted by molar-refractivity contribution is 7.09. The van der Waals surface area contributed by atoms with Gasteiger partial charge in [-0.25, -0.2) is 4.98 Å². The molecule has 3 heterocycles. The summed E-state index contributed by atoms with van der Waals surface area (Å²) in [4.78, 5) is 128. The van der Waals surface area contributed by atoms with Crippen LogP contribution in [0.2, 0.25) is 0 Å². The maximum Gasteiger partial charge on any atom is 0.311 e. The molecule has 1 saturated heterocycles. The average molecular weight is 1080 g/mol. The summed E-state index contributed by atoms with van der Waals surface area (Å²) in [7, 11) is 1.94. The molecule has 3 aliphatic rings. The maximum atomic E-state index is 14.7. The predicted molar refractivity (Wildman–Crippen MR) is 288 cm³/mol. The zero-order valence-corrected chi connectivity index (χ0v) is 46.4. The molecule has 1 aromatic heterocycles. The number of nitrogens with one attached hydrogen (secondary N) is 4. The summed E-state index contributed by atoms with van der Waals surface area (Å²) < 4.78 is 5.87. The van der Waals surface area contributed by atoms with E-state index in [2.05, 4.69) is 31.2 Å². The summed E-state index contributed by atoms with van der Waals surface area (Å²) in [6.07, 6.45) is 8.59. The van der Waals surface area contributed by atoms with Gasteiger partial charge in [0.2, 0.25) is 23.6 Å². The number of likely N-dealkylation sites (tertiary alicyclic amines) is 1. The lowest BCUT2D eigenvalue weighted by Crippen LogP contribution is -2.63. The van der Waals surface area contributed by atoms with Crippen molar-refractivity contribution in [2.45, 2.75) is 180 Å². The molecule has 7 amide bonds. The molecule has 0 spiro atoms. The Hall–Kier alpha value is -6.06. The quantitative estimate of drug-likeness (QED) is 0.0355. The lowest BCUT2D eigenvalue weighted by Gasteiger charge is -2.43. The molecule has 1 aromatic carbocycles. The third-order valence-electron chi connectivity index (χ3n) is 15.3. The smallest absolute Gasteiger partial charge is 0.311 e. The Morgan fingerprint density at radius 3 is 2.34 bits per heavy atom.